The average molecular weight is 449 g/mol. The molecule has 32 heavy (non-hydrogen) atoms. The van der Waals surface area contributed by atoms with Gasteiger partial charge in [-0.25, -0.2) is 4.68 Å². The van der Waals surface area contributed by atoms with E-state index in [0.29, 0.717) is 17.0 Å². The van der Waals surface area contributed by atoms with Crippen LogP contribution in [0.2, 0.25) is 5.02 Å². The van der Waals surface area contributed by atoms with E-state index in [1.807, 2.05) is 75.4 Å². The third kappa shape index (κ3) is 4.32. The molecule has 0 fully saturated rings. The van der Waals surface area contributed by atoms with Crippen molar-refractivity contribution < 1.29 is 4.79 Å². The quantitative estimate of drug-likeness (QED) is 0.475. The molecule has 2 aromatic carbocycles. The number of halogens is 1. The zero-order chi connectivity index (χ0) is 22.8. The minimum absolute atomic E-state index is 0.132. The molecule has 0 spiro atoms. The summed E-state index contributed by atoms with van der Waals surface area (Å²) in [7, 11) is 0. The number of carbonyl (C=O) groups is 1. The summed E-state index contributed by atoms with van der Waals surface area (Å²) in [4.78, 5) is 25.8. The van der Waals surface area contributed by atoms with Crippen LogP contribution in [0.1, 0.15) is 35.5 Å². The van der Waals surface area contributed by atoms with E-state index in [1.165, 1.54) is 4.68 Å². The molecule has 164 valence electrons. The van der Waals surface area contributed by atoms with Crippen LogP contribution in [0.4, 0.5) is 0 Å². The maximum Gasteiger partial charge on any atom is 0.276 e. The highest BCUT2D eigenvalue weighted by Gasteiger charge is 2.18. The van der Waals surface area contributed by atoms with Crippen molar-refractivity contribution in [1.29, 1.82) is 0 Å². The zero-order valence-corrected chi connectivity index (χ0v) is 19.1. The van der Waals surface area contributed by atoms with Crippen molar-refractivity contribution in [3.8, 4) is 0 Å². The molecule has 4 aromatic rings. The Hall–Kier alpha value is -3.38. The third-order valence-corrected chi connectivity index (χ3v) is 6.08. The first-order valence-corrected chi connectivity index (χ1v) is 10.9. The lowest BCUT2D eigenvalue weighted by molar-refractivity contribution is -0.122. The number of fused-ring (bicyclic) bond motifs is 1. The molecule has 0 bridgehead atoms. The molecular weight excluding hydrogens is 424 g/mol. The molecule has 0 aliphatic carbocycles. The Balaban J connectivity index is 1.59. The van der Waals surface area contributed by atoms with Gasteiger partial charge in [0, 0.05) is 28.3 Å². The van der Waals surface area contributed by atoms with Gasteiger partial charge in [-0.05, 0) is 44.0 Å². The molecule has 2 heterocycles. The summed E-state index contributed by atoms with van der Waals surface area (Å²) in [5.41, 5.74) is 3.64. The lowest BCUT2D eigenvalue weighted by Gasteiger charge is -2.14. The standard InChI is InChI=1S/C25H25ClN4O2/c1-16(20-7-5-4-6-8-20)28-23(31)15-30-25(32)24-18(3)29(17(2)22(24)13-27-30)14-19-9-11-21(26)12-10-19/h4-13,16H,14-15H2,1-3H3,(H,28,31)/t16-/m1/s1. The van der Waals surface area contributed by atoms with Crippen molar-refractivity contribution in [2.24, 2.45) is 0 Å². The van der Waals surface area contributed by atoms with Crippen LogP contribution in [-0.2, 0) is 17.9 Å². The van der Waals surface area contributed by atoms with Crippen molar-refractivity contribution in [3.05, 3.63) is 98.7 Å². The van der Waals surface area contributed by atoms with Gasteiger partial charge in [-0.1, -0.05) is 54.1 Å². The minimum atomic E-state index is -0.263. The van der Waals surface area contributed by atoms with Crippen LogP contribution in [0, 0.1) is 13.8 Å². The van der Waals surface area contributed by atoms with E-state index >= 15 is 0 Å². The molecule has 6 nitrogen and oxygen atoms in total. The average Bonchev–Trinajstić information content (AvgIpc) is 3.02. The van der Waals surface area contributed by atoms with Gasteiger partial charge in [0.05, 0.1) is 17.6 Å². The summed E-state index contributed by atoms with van der Waals surface area (Å²) >= 11 is 6.00. The van der Waals surface area contributed by atoms with Gasteiger partial charge in [0.1, 0.15) is 6.54 Å². The number of rotatable bonds is 6. The third-order valence-electron chi connectivity index (χ3n) is 5.83. The van der Waals surface area contributed by atoms with Crippen LogP contribution < -0.4 is 10.9 Å². The number of benzene rings is 2. The molecular formula is C25H25ClN4O2. The molecule has 0 saturated heterocycles. The molecule has 0 radical (unpaired) electrons. The van der Waals surface area contributed by atoms with Gasteiger partial charge in [0.15, 0.2) is 0 Å². The summed E-state index contributed by atoms with van der Waals surface area (Å²) in [5, 5.41) is 9.29. The predicted molar refractivity (Wildman–Crippen MR) is 127 cm³/mol. The highest BCUT2D eigenvalue weighted by Crippen LogP contribution is 2.23. The smallest absolute Gasteiger partial charge is 0.276 e. The summed E-state index contributed by atoms with van der Waals surface area (Å²) < 4.78 is 3.33. The Morgan fingerprint density at radius 3 is 2.44 bits per heavy atom. The van der Waals surface area contributed by atoms with E-state index in [4.69, 9.17) is 11.6 Å². The Morgan fingerprint density at radius 1 is 1.06 bits per heavy atom. The topological polar surface area (TPSA) is 68.9 Å². The molecule has 0 unspecified atom stereocenters. The highest BCUT2D eigenvalue weighted by atomic mass is 35.5. The van der Waals surface area contributed by atoms with Crippen molar-refractivity contribution in [2.45, 2.75) is 39.9 Å². The van der Waals surface area contributed by atoms with Crippen molar-refractivity contribution in [1.82, 2.24) is 19.7 Å². The fraction of sp³-hybridized carbons (Fsp3) is 0.240. The maximum atomic E-state index is 13.2. The number of hydrogen-bond donors (Lipinski definition) is 1. The van der Waals surface area contributed by atoms with Crippen LogP contribution >= 0.6 is 11.6 Å². The summed E-state index contributed by atoms with van der Waals surface area (Å²) in [6.45, 7) is 6.31. The number of nitrogens with zero attached hydrogens (tertiary/aromatic N) is 3. The molecule has 0 aliphatic rings. The Morgan fingerprint density at radius 2 is 1.75 bits per heavy atom. The van der Waals surface area contributed by atoms with Gasteiger partial charge < -0.3 is 9.88 Å². The number of hydrogen-bond acceptors (Lipinski definition) is 3. The first-order chi connectivity index (χ1) is 15.3. The van der Waals surface area contributed by atoms with Crippen LogP contribution in [0.25, 0.3) is 10.8 Å². The van der Waals surface area contributed by atoms with Gasteiger partial charge in [-0.15, -0.1) is 0 Å². The fourth-order valence-electron chi connectivity index (χ4n) is 4.01. The second-order valence-corrected chi connectivity index (χ2v) is 8.42. The SMILES string of the molecule is Cc1c2cnn(CC(=O)N[C@H](C)c3ccccc3)c(=O)c2c(C)n1Cc1ccc(Cl)cc1. The highest BCUT2D eigenvalue weighted by molar-refractivity contribution is 6.30. The largest absolute Gasteiger partial charge is 0.348 e. The first-order valence-electron chi connectivity index (χ1n) is 10.5. The molecule has 0 saturated carbocycles. The Bertz CT molecular complexity index is 1320. The van der Waals surface area contributed by atoms with E-state index < -0.39 is 0 Å². The van der Waals surface area contributed by atoms with Gasteiger partial charge in [0.25, 0.3) is 5.56 Å². The molecule has 7 heteroatoms. The molecule has 1 amide bonds. The number of amides is 1. The van der Waals surface area contributed by atoms with Crippen LogP contribution in [-0.4, -0.2) is 20.3 Å². The zero-order valence-electron chi connectivity index (χ0n) is 18.3. The lowest BCUT2D eigenvalue weighted by Crippen LogP contribution is -2.35. The first kappa shape index (κ1) is 21.8. The van der Waals surface area contributed by atoms with Crippen molar-refractivity contribution >= 4 is 28.3 Å². The molecule has 1 N–H and O–H groups in total. The number of aryl methyl sites for hydroxylation is 2. The maximum absolute atomic E-state index is 13.2. The second-order valence-electron chi connectivity index (χ2n) is 7.98. The number of nitrogens with one attached hydrogen (secondary N) is 1. The van der Waals surface area contributed by atoms with E-state index in [1.54, 1.807) is 6.20 Å². The van der Waals surface area contributed by atoms with E-state index in [0.717, 1.165) is 27.9 Å². The van der Waals surface area contributed by atoms with Crippen LogP contribution in [0.15, 0.2) is 65.6 Å². The summed E-state index contributed by atoms with van der Waals surface area (Å²) in [5.74, 6) is -0.259. The van der Waals surface area contributed by atoms with Crippen molar-refractivity contribution in [3.63, 3.8) is 0 Å². The fourth-order valence-corrected chi connectivity index (χ4v) is 4.14. The molecule has 0 aliphatic heterocycles. The van der Waals surface area contributed by atoms with Gasteiger partial charge >= 0.3 is 0 Å². The van der Waals surface area contributed by atoms with Crippen molar-refractivity contribution in [2.75, 3.05) is 0 Å². The predicted octanol–water partition coefficient (Wildman–Crippen LogP) is 4.39. The van der Waals surface area contributed by atoms with E-state index in [-0.39, 0.29) is 24.1 Å². The van der Waals surface area contributed by atoms with Gasteiger partial charge in [0.2, 0.25) is 5.91 Å². The normalized spacial score (nSPS) is 12.1. The number of aromatic nitrogens is 3. The molecule has 2 aromatic heterocycles. The van der Waals surface area contributed by atoms with E-state index in [2.05, 4.69) is 15.0 Å². The minimum Gasteiger partial charge on any atom is -0.348 e. The van der Waals surface area contributed by atoms with Crippen LogP contribution in [0.5, 0.6) is 0 Å². The van der Waals surface area contributed by atoms with Crippen LogP contribution in [0.3, 0.4) is 0 Å². The van der Waals surface area contributed by atoms with E-state index in [9.17, 15) is 9.59 Å². The number of carbonyl (C=O) groups excluding carboxylic acids is 1. The van der Waals surface area contributed by atoms with Gasteiger partial charge in [-0.2, -0.15) is 5.10 Å². The Kier molecular flexibility index (Phi) is 6.15. The molecule has 1 atom stereocenters. The Labute approximate surface area is 191 Å². The summed E-state index contributed by atoms with van der Waals surface area (Å²) in [6.07, 6.45) is 1.67. The monoisotopic (exact) mass is 448 g/mol. The second kappa shape index (κ2) is 9.01. The van der Waals surface area contributed by atoms with Gasteiger partial charge in [-0.3, -0.25) is 9.59 Å². The summed E-state index contributed by atoms with van der Waals surface area (Å²) in [6, 6.07) is 17.2. The lowest BCUT2D eigenvalue weighted by atomic mass is 10.1. The molecule has 4 rings (SSSR count).